The molecule has 0 fully saturated rings. The Morgan fingerprint density at radius 3 is 2.53 bits per heavy atom. The van der Waals surface area contributed by atoms with Crippen molar-refractivity contribution in [2.45, 2.75) is 19.9 Å². The molecule has 0 aliphatic carbocycles. The molecule has 0 spiro atoms. The molecule has 5 heteroatoms. The molecule has 84 valence electrons. The summed E-state index contributed by atoms with van der Waals surface area (Å²) in [7, 11) is 0. The predicted octanol–water partition coefficient (Wildman–Crippen LogP) is 1.76. The fourth-order valence-electron chi connectivity index (χ4n) is 1.06. The number of aromatic hydroxyl groups is 1. The lowest BCUT2D eigenvalue weighted by molar-refractivity contribution is -0.132. The molecule has 0 saturated carbocycles. The van der Waals surface area contributed by atoms with Crippen LogP contribution < -0.4 is 10.5 Å². The molecule has 1 aromatic carbocycles. The number of benzene rings is 1. The maximum absolute atomic E-state index is 10.6. The van der Waals surface area contributed by atoms with E-state index in [0.29, 0.717) is 0 Å². The van der Waals surface area contributed by atoms with Gasteiger partial charge in [0, 0.05) is 13.0 Å². The molecule has 1 atom stereocenters. The third-order valence-electron chi connectivity index (χ3n) is 1.76. The number of phenolic OH excluding ortho intramolecular Hbond substituents is 1. The van der Waals surface area contributed by atoms with Gasteiger partial charge in [-0.2, -0.15) is 0 Å². The summed E-state index contributed by atoms with van der Waals surface area (Å²) < 4.78 is 4.75. The molecule has 0 heterocycles. The lowest BCUT2D eigenvalue weighted by Gasteiger charge is -2.08. The van der Waals surface area contributed by atoms with Gasteiger partial charge in [0.1, 0.15) is 0 Å². The summed E-state index contributed by atoms with van der Waals surface area (Å²) in [5.74, 6) is -0.384. The van der Waals surface area contributed by atoms with E-state index in [4.69, 9.17) is 10.5 Å². The Bertz CT molecular complexity index is 353. The van der Waals surface area contributed by atoms with Crippen molar-refractivity contribution < 1.29 is 14.6 Å². The maximum Gasteiger partial charge on any atom is 0.308 e. The average molecular weight is 232 g/mol. The molecule has 0 unspecified atom stereocenters. The molecule has 0 saturated heterocycles. The quantitative estimate of drug-likeness (QED) is 0.601. The molecule has 1 aromatic rings. The lowest BCUT2D eigenvalue weighted by atomic mass is 10.1. The molecular weight excluding hydrogens is 218 g/mol. The van der Waals surface area contributed by atoms with Crippen LogP contribution in [0.5, 0.6) is 11.5 Å². The van der Waals surface area contributed by atoms with Gasteiger partial charge in [-0.15, -0.1) is 12.4 Å². The van der Waals surface area contributed by atoms with Gasteiger partial charge < -0.3 is 15.6 Å². The highest BCUT2D eigenvalue weighted by atomic mass is 35.5. The van der Waals surface area contributed by atoms with E-state index < -0.39 is 5.97 Å². The van der Waals surface area contributed by atoms with Crippen LogP contribution in [0.2, 0.25) is 0 Å². The van der Waals surface area contributed by atoms with Gasteiger partial charge in [0.25, 0.3) is 0 Å². The number of rotatable bonds is 2. The summed E-state index contributed by atoms with van der Waals surface area (Å²) in [6.45, 7) is 3.08. The fraction of sp³-hybridized carbons (Fsp3) is 0.300. The van der Waals surface area contributed by atoms with Gasteiger partial charge in [0.2, 0.25) is 0 Å². The van der Waals surface area contributed by atoms with Crippen LogP contribution in [0, 0.1) is 0 Å². The van der Waals surface area contributed by atoms with Crippen LogP contribution in [0.1, 0.15) is 25.5 Å². The number of carbonyl (C=O) groups excluding carboxylic acids is 1. The van der Waals surface area contributed by atoms with Crippen molar-refractivity contribution in [1.29, 1.82) is 0 Å². The Balaban J connectivity index is 0.00000196. The van der Waals surface area contributed by atoms with Gasteiger partial charge >= 0.3 is 5.97 Å². The first-order valence-corrected chi connectivity index (χ1v) is 4.27. The first kappa shape index (κ1) is 13.7. The fourth-order valence-corrected chi connectivity index (χ4v) is 1.06. The predicted molar refractivity (Wildman–Crippen MR) is 59.3 cm³/mol. The monoisotopic (exact) mass is 231 g/mol. The van der Waals surface area contributed by atoms with Gasteiger partial charge in [-0.3, -0.25) is 4.79 Å². The second kappa shape index (κ2) is 5.58. The Labute approximate surface area is 94.5 Å². The van der Waals surface area contributed by atoms with Gasteiger partial charge in [-0.25, -0.2) is 0 Å². The normalized spacial score (nSPS) is 11.4. The maximum atomic E-state index is 10.6. The zero-order valence-corrected chi connectivity index (χ0v) is 9.38. The van der Waals surface area contributed by atoms with E-state index in [1.807, 2.05) is 0 Å². The third kappa shape index (κ3) is 3.77. The SMILES string of the molecule is CC(=O)Oc1ccc([C@@H](C)N)cc1O.Cl. The Morgan fingerprint density at radius 1 is 1.53 bits per heavy atom. The van der Waals surface area contributed by atoms with Crippen molar-refractivity contribution in [3.8, 4) is 11.5 Å². The first-order valence-electron chi connectivity index (χ1n) is 4.27. The van der Waals surface area contributed by atoms with E-state index in [9.17, 15) is 9.90 Å². The van der Waals surface area contributed by atoms with Crippen molar-refractivity contribution in [2.24, 2.45) is 5.73 Å². The Morgan fingerprint density at radius 2 is 2.13 bits per heavy atom. The van der Waals surface area contributed by atoms with Crippen molar-refractivity contribution in [2.75, 3.05) is 0 Å². The molecule has 1 rings (SSSR count). The number of phenols is 1. The molecule has 0 aliphatic rings. The highest BCUT2D eigenvalue weighted by molar-refractivity contribution is 5.85. The highest BCUT2D eigenvalue weighted by Crippen LogP contribution is 2.28. The van der Waals surface area contributed by atoms with E-state index in [1.165, 1.54) is 19.1 Å². The molecule has 0 aromatic heterocycles. The van der Waals surface area contributed by atoms with E-state index in [1.54, 1.807) is 13.0 Å². The van der Waals surface area contributed by atoms with Crippen molar-refractivity contribution in [3.63, 3.8) is 0 Å². The van der Waals surface area contributed by atoms with Gasteiger partial charge in [0.05, 0.1) is 0 Å². The summed E-state index contributed by atoms with van der Waals surface area (Å²) in [6, 6.07) is 4.56. The van der Waals surface area contributed by atoms with Crippen LogP contribution in [0.15, 0.2) is 18.2 Å². The van der Waals surface area contributed by atoms with Crippen LogP contribution in [0.25, 0.3) is 0 Å². The average Bonchev–Trinajstić information content (AvgIpc) is 2.07. The lowest BCUT2D eigenvalue weighted by Crippen LogP contribution is -2.06. The summed E-state index contributed by atoms with van der Waals surface area (Å²) >= 11 is 0. The standard InChI is InChI=1S/C10H13NO3.ClH/c1-6(11)8-3-4-10(9(13)5-8)14-7(2)12;/h3-6,13H,11H2,1-2H3;1H/t6-;/m1./s1. The number of esters is 1. The first-order chi connectivity index (χ1) is 6.50. The summed E-state index contributed by atoms with van der Waals surface area (Å²) in [5, 5.41) is 9.46. The zero-order chi connectivity index (χ0) is 10.7. The van der Waals surface area contributed by atoms with E-state index in [0.717, 1.165) is 5.56 Å². The van der Waals surface area contributed by atoms with Gasteiger partial charge in [0.15, 0.2) is 11.5 Å². The summed E-state index contributed by atoms with van der Waals surface area (Å²) in [4.78, 5) is 10.6. The minimum Gasteiger partial charge on any atom is -0.504 e. The molecule has 0 bridgehead atoms. The van der Waals surface area contributed by atoms with Crippen LogP contribution in [0.3, 0.4) is 0 Å². The topological polar surface area (TPSA) is 72.5 Å². The zero-order valence-electron chi connectivity index (χ0n) is 8.56. The highest BCUT2D eigenvalue weighted by Gasteiger charge is 2.07. The van der Waals surface area contributed by atoms with Crippen LogP contribution in [-0.2, 0) is 4.79 Å². The van der Waals surface area contributed by atoms with E-state index >= 15 is 0 Å². The summed E-state index contributed by atoms with van der Waals surface area (Å²) in [6.07, 6.45) is 0. The number of hydrogen-bond acceptors (Lipinski definition) is 4. The molecule has 0 radical (unpaired) electrons. The molecular formula is C10H14ClNO3. The van der Waals surface area contributed by atoms with Crippen molar-refractivity contribution in [1.82, 2.24) is 0 Å². The van der Waals surface area contributed by atoms with Crippen LogP contribution in [0.4, 0.5) is 0 Å². The molecule has 3 N–H and O–H groups in total. The minimum atomic E-state index is -0.464. The van der Waals surface area contributed by atoms with Crippen LogP contribution >= 0.6 is 12.4 Å². The van der Waals surface area contributed by atoms with Crippen molar-refractivity contribution in [3.05, 3.63) is 23.8 Å². The van der Waals surface area contributed by atoms with E-state index in [-0.39, 0.29) is 29.9 Å². The molecule has 0 amide bonds. The number of carbonyl (C=O) groups is 1. The second-order valence-corrected chi connectivity index (χ2v) is 3.11. The summed E-state index contributed by atoms with van der Waals surface area (Å²) in [5.41, 5.74) is 6.41. The second-order valence-electron chi connectivity index (χ2n) is 3.11. The van der Waals surface area contributed by atoms with E-state index in [2.05, 4.69) is 0 Å². The van der Waals surface area contributed by atoms with Crippen molar-refractivity contribution >= 4 is 18.4 Å². The van der Waals surface area contributed by atoms with Crippen LogP contribution in [-0.4, -0.2) is 11.1 Å². The van der Waals surface area contributed by atoms with Gasteiger partial charge in [-0.05, 0) is 24.6 Å². The Kier molecular flexibility index (Phi) is 5.11. The van der Waals surface area contributed by atoms with Gasteiger partial charge in [-0.1, -0.05) is 6.07 Å². The number of halogens is 1. The number of ether oxygens (including phenoxy) is 1. The smallest absolute Gasteiger partial charge is 0.308 e. The number of nitrogens with two attached hydrogens (primary N) is 1. The molecule has 15 heavy (non-hydrogen) atoms. The molecule has 0 aliphatic heterocycles. The largest absolute Gasteiger partial charge is 0.504 e. The Hall–Kier alpha value is -1.26. The number of hydrogen-bond donors (Lipinski definition) is 2. The molecule has 4 nitrogen and oxygen atoms in total. The minimum absolute atomic E-state index is 0. The third-order valence-corrected chi connectivity index (χ3v) is 1.76.